The molecule has 0 saturated carbocycles. The average Bonchev–Trinajstić information content (AvgIpc) is 2.49. The summed E-state index contributed by atoms with van der Waals surface area (Å²) in [6, 6.07) is 8.17. The SMILES string of the molecule is CCC(Oc1ccc(OC(F)(F)Br)cc1)Oc1c(Cl)cc(O)cc1Cl. The molecule has 0 amide bonds. The summed E-state index contributed by atoms with van der Waals surface area (Å²) in [7, 11) is 0. The van der Waals surface area contributed by atoms with Crippen LogP contribution in [0.3, 0.4) is 0 Å². The van der Waals surface area contributed by atoms with Crippen molar-refractivity contribution >= 4 is 39.1 Å². The van der Waals surface area contributed by atoms with Gasteiger partial charge in [-0.1, -0.05) is 30.1 Å². The Bertz CT molecular complexity index is 700. The summed E-state index contributed by atoms with van der Waals surface area (Å²) in [6.45, 7) is 1.82. The number of phenolic OH excluding ortho intramolecular Hbond substituents is 1. The normalized spacial score (nSPS) is 12.6. The fourth-order valence-corrected chi connectivity index (χ4v) is 2.60. The van der Waals surface area contributed by atoms with Gasteiger partial charge in [0.2, 0.25) is 6.29 Å². The van der Waals surface area contributed by atoms with E-state index in [-0.39, 0.29) is 27.3 Å². The maximum atomic E-state index is 12.7. The van der Waals surface area contributed by atoms with E-state index in [0.717, 1.165) is 0 Å². The Morgan fingerprint density at radius 2 is 1.60 bits per heavy atom. The summed E-state index contributed by atoms with van der Waals surface area (Å²) < 4.78 is 41.1. The zero-order valence-electron chi connectivity index (χ0n) is 12.8. The van der Waals surface area contributed by atoms with Crippen molar-refractivity contribution in [3.8, 4) is 23.0 Å². The van der Waals surface area contributed by atoms with Crippen molar-refractivity contribution in [1.82, 2.24) is 0 Å². The first-order valence-electron chi connectivity index (χ1n) is 7.05. The van der Waals surface area contributed by atoms with Crippen LogP contribution in [0.5, 0.6) is 23.0 Å². The minimum Gasteiger partial charge on any atom is -0.508 e. The van der Waals surface area contributed by atoms with E-state index in [1.807, 2.05) is 6.92 Å². The van der Waals surface area contributed by atoms with Crippen LogP contribution in [0.25, 0.3) is 0 Å². The Labute approximate surface area is 161 Å². The molecule has 1 N–H and O–H groups in total. The standard InChI is InChI=1S/C16H13BrCl2F2O4/c1-2-14(24-15-12(18)7-9(22)8-13(15)19)23-10-3-5-11(6-4-10)25-16(17,20)21/h3-8,14,22H,2H2,1H3. The second-order valence-electron chi connectivity index (χ2n) is 4.83. The van der Waals surface area contributed by atoms with Gasteiger partial charge in [-0.15, -0.1) is 0 Å². The lowest BCUT2D eigenvalue weighted by Crippen LogP contribution is -2.23. The van der Waals surface area contributed by atoms with Crippen molar-refractivity contribution in [2.24, 2.45) is 0 Å². The van der Waals surface area contributed by atoms with Crippen LogP contribution in [0.2, 0.25) is 10.0 Å². The summed E-state index contributed by atoms with van der Waals surface area (Å²) in [5, 5.41) is 6.25. The van der Waals surface area contributed by atoms with E-state index in [4.69, 9.17) is 32.7 Å². The van der Waals surface area contributed by atoms with Crippen LogP contribution in [-0.2, 0) is 0 Å². The van der Waals surface area contributed by atoms with E-state index in [1.54, 1.807) is 0 Å². The second kappa shape index (κ2) is 8.29. The van der Waals surface area contributed by atoms with Crippen molar-refractivity contribution in [3.63, 3.8) is 0 Å². The van der Waals surface area contributed by atoms with E-state index in [1.165, 1.54) is 36.4 Å². The van der Waals surface area contributed by atoms with Gasteiger partial charge in [-0.3, -0.25) is 0 Å². The Balaban J connectivity index is 2.07. The average molecular weight is 458 g/mol. The molecule has 2 rings (SSSR count). The molecular weight excluding hydrogens is 445 g/mol. The number of hydrogen-bond acceptors (Lipinski definition) is 4. The number of halogens is 5. The molecule has 25 heavy (non-hydrogen) atoms. The molecule has 136 valence electrons. The third kappa shape index (κ3) is 6.09. The third-order valence-electron chi connectivity index (χ3n) is 2.89. The number of rotatable bonds is 7. The van der Waals surface area contributed by atoms with Crippen LogP contribution in [0.4, 0.5) is 8.78 Å². The lowest BCUT2D eigenvalue weighted by molar-refractivity contribution is -0.0803. The molecule has 0 heterocycles. The maximum Gasteiger partial charge on any atom is 0.459 e. The smallest absolute Gasteiger partial charge is 0.459 e. The van der Waals surface area contributed by atoms with Gasteiger partial charge in [0.05, 0.1) is 10.0 Å². The van der Waals surface area contributed by atoms with Crippen LogP contribution in [0, 0.1) is 0 Å². The van der Waals surface area contributed by atoms with E-state index in [9.17, 15) is 13.9 Å². The van der Waals surface area contributed by atoms with Gasteiger partial charge in [-0.25, -0.2) is 0 Å². The van der Waals surface area contributed by atoms with Crippen molar-refractivity contribution < 1.29 is 28.1 Å². The van der Waals surface area contributed by atoms with Gasteiger partial charge in [0.25, 0.3) is 0 Å². The van der Waals surface area contributed by atoms with Crippen LogP contribution < -0.4 is 14.2 Å². The van der Waals surface area contributed by atoms with Gasteiger partial charge in [0.1, 0.15) is 17.2 Å². The molecule has 0 spiro atoms. The Morgan fingerprint density at radius 3 is 2.08 bits per heavy atom. The Kier molecular flexibility index (Phi) is 6.59. The molecule has 0 aromatic heterocycles. The Morgan fingerprint density at radius 1 is 1.08 bits per heavy atom. The molecule has 0 bridgehead atoms. The van der Waals surface area contributed by atoms with E-state index in [0.29, 0.717) is 12.2 Å². The summed E-state index contributed by atoms with van der Waals surface area (Å²) in [4.78, 5) is 0. The molecule has 2 aromatic carbocycles. The topological polar surface area (TPSA) is 47.9 Å². The number of alkyl halides is 3. The second-order valence-corrected chi connectivity index (χ2v) is 6.57. The monoisotopic (exact) mass is 456 g/mol. The van der Waals surface area contributed by atoms with Crippen LogP contribution in [-0.4, -0.2) is 16.4 Å². The largest absolute Gasteiger partial charge is 0.508 e. The molecule has 9 heteroatoms. The molecular formula is C16H13BrCl2F2O4. The third-order valence-corrected chi connectivity index (χ3v) is 3.61. The number of phenols is 1. The van der Waals surface area contributed by atoms with Crippen molar-refractivity contribution in [2.45, 2.75) is 24.7 Å². The number of benzene rings is 2. The minimum atomic E-state index is -3.45. The molecule has 0 aliphatic rings. The predicted molar refractivity (Wildman–Crippen MR) is 94.4 cm³/mol. The summed E-state index contributed by atoms with van der Waals surface area (Å²) in [6.07, 6.45) is -0.283. The highest BCUT2D eigenvalue weighted by molar-refractivity contribution is 9.09. The van der Waals surface area contributed by atoms with Gasteiger partial charge in [0, 0.05) is 34.5 Å². The van der Waals surface area contributed by atoms with E-state index in [2.05, 4.69) is 20.7 Å². The molecule has 1 atom stereocenters. The van der Waals surface area contributed by atoms with Gasteiger partial charge in [0.15, 0.2) is 5.75 Å². The first kappa shape index (κ1) is 19.9. The summed E-state index contributed by atoms with van der Waals surface area (Å²) in [5.41, 5.74) is 0. The van der Waals surface area contributed by atoms with Crippen molar-refractivity contribution in [3.05, 3.63) is 46.4 Å². The molecule has 4 nitrogen and oxygen atoms in total. The van der Waals surface area contributed by atoms with Gasteiger partial charge in [-0.2, -0.15) is 8.78 Å². The summed E-state index contributed by atoms with van der Waals surface area (Å²) in [5.74, 6) is 0.429. The fraction of sp³-hybridized carbons (Fsp3) is 0.250. The predicted octanol–water partition coefficient (Wildman–Crippen LogP) is 6.22. The molecule has 0 saturated heterocycles. The van der Waals surface area contributed by atoms with Gasteiger partial charge < -0.3 is 19.3 Å². The number of hydrogen-bond donors (Lipinski definition) is 1. The van der Waals surface area contributed by atoms with Crippen molar-refractivity contribution in [1.29, 1.82) is 0 Å². The van der Waals surface area contributed by atoms with E-state index >= 15 is 0 Å². The summed E-state index contributed by atoms with van der Waals surface area (Å²) >= 11 is 14.1. The highest BCUT2D eigenvalue weighted by Gasteiger charge is 2.26. The highest BCUT2D eigenvalue weighted by Crippen LogP contribution is 2.37. The van der Waals surface area contributed by atoms with Gasteiger partial charge >= 0.3 is 5.02 Å². The first-order valence-corrected chi connectivity index (χ1v) is 8.60. The number of aromatic hydroxyl groups is 1. The maximum absolute atomic E-state index is 12.7. The molecule has 0 aliphatic heterocycles. The minimum absolute atomic E-state index is 0.0344. The van der Waals surface area contributed by atoms with Crippen LogP contribution >= 0.6 is 39.1 Å². The van der Waals surface area contributed by atoms with Crippen molar-refractivity contribution in [2.75, 3.05) is 0 Å². The van der Waals surface area contributed by atoms with Gasteiger partial charge in [-0.05, 0) is 24.3 Å². The van der Waals surface area contributed by atoms with E-state index < -0.39 is 11.3 Å². The molecule has 0 aliphatic carbocycles. The highest BCUT2D eigenvalue weighted by atomic mass is 79.9. The lowest BCUT2D eigenvalue weighted by atomic mass is 10.3. The molecule has 2 aromatic rings. The zero-order valence-corrected chi connectivity index (χ0v) is 15.9. The van der Waals surface area contributed by atoms with Crippen LogP contribution in [0.15, 0.2) is 36.4 Å². The fourth-order valence-electron chi connectivity index (χ4n) is 1.85. The quantitative estimate of drug-likeness (QED) is 0.396. The molecule has 1 unspecified atom stereocenters. The molecule has 0 radical (unpaired) electrons. The zero-order chi connectivity index (χ0) is 18.6. The number of ether oxygens (including phenoxy) is 3. The van der Waals surface area contributed by atoms with Crippen LogP contribution in [0.1, 0.15) is 13.3 Å². The first-order chi connectivity index (χ1) is 11.7. The Hall–Kier alpha value is -1.44. The lowest BCUT2D eigenvalue weighted by Gasteiger charge is -2.21. The molecule has 0 fully saturated rings.